The summed E-state index contributed by atoms with van der Waals surface area (Å²) < 4.78 is 3.24. The first-order valence-electron chi connectivity index (χ1n) is 5.47. The van der Waals surface area contributed by atoms with Crippen molar-refractivity contribution in [3.8, 4) is 0 Å². The minimum atomic E-state index is -0.581. The number of fused-ring (bicyclic) bond motifs is 1. The normalized spacial score (nSPS) is 19.7. The smallest absolute Gasteiger partial charge is 0.195 e. The molecule has 5 heteroatoms. The van der Waals surface area contributed by atoms with Crippen LogP contribution in [0.3, 0.4) is 0 Å². The highest BCUT2D eigenvalue weighted by Crippen LogP contribution is 2.41. The van der Waals surface area contributed by atoms with Gasteiger partial charge in [-0.3, -0.25) is 4.40 Å². The van der Waals surface area contributed by atoms with Crippen molar-refractivity contribution in [2.24, 2.45) is 0 Å². The summed E-state index contributed by atoms with van der Waals surface area (Å²) in [7, 11) is 0. The van der Waals surface area contributed by atoms with Crippen LogP contribution in [0.15, 0.2) is 6.20 Å². The van der Waals surface area contributed by atoms with Gasteiger partial charge in [0.25, 0.3) is 0 Å². The number of halogens is 1. The SMILES string of the molecule is Cc1nc2sc(C3(O)CCCC3)cn2c1I. The van der Waals surface area contributed by atoms with Crippen molar-refractivity contribution in [2.45, 2.75) is 38.2 Å². The van der Waals surface area contributed by atoms with E-state index in [4.69, 9.17) is 0 Å². The predicted molar refractivity (Wildman–Crippen MR) is 72.9 cm³/mol. The van der Waals surface area contributed by atoms with E-state index in [1.165, 1.54) is 0 Å². The average Bonchev–Trinajstić information content (AvgIpc) is 2.88. The minimum Gasteiger partial charge on any atom is -0.384 e. The highest BCUT2D eigenvalue weighted by Gasteiger charge is 2.35. The lowest BCUT2D eigenvalue weighted by Gasteiger charge is -2.19. The van der Waals surface area contributed by atoms with Gasteiger partial charge in [0.15, 0.2) is 4.96 Å². The maximum Gasteiger partial charge on any atom is 0.195 e. The van der Waals surface area contributed by atoms with Crippen LogP contribution in [0.4, 0.5) is 0 Å². The van der Waals surface area contributed by atoms with Crippen LogP contribution in [0.2, 0.25) is 0 Å². The molecule has 0 bridgehead atoms. The molecular formula is C11H13IN2OS. The van der Waals surface area contributed by atoms with Crippen LogP contribution in [0.1, 0.15) is 36.3 Å². The fraction of sp³-hybridized carbons (Fsp3) is 0.545. The molecule has 0 radical (unpaired) electrons. The second-order valence-corrected chi connectivity index (χ2v) is 6.51. The van der Waals surface area contributed by atoms with Gasteiger partial charge >= 0.3 is 0 Å². The van der Waals surface area contributed by atoms with Crippen LogP contribution < -0.4 is 0 Å². The topological polar surface area (TPSA) is 37.5 Å². The van der Waals surface area contributed by atoms with E-state index < -0.39 is 5.60 Å². The lowest BCUT2D eigenvalue weighted by molar-refractivity contribution is 0.0480. The van der Waals surface area contributed by atoms with Crippen molar-refractivity contribution in [3.63, 3.8) is 0 Å². The van der Waals surface area contributed by atoms with Crippen molar-refractivity contribution < 1.29 is 5.11 Å². The summed E-state index contributed by atoms with van der Waals surface area (Å²) >= 11 is 3.93. The maximum atomic E-state index is 10.5. The van der Waals surface area contributed by atoms with Crippen LogP contribution in [0.5, 0.6) is 0 Å². The van der Waals surface area contributed by atoms with Gasteiger partial charge in [0.05, 0.1) is 10.6 Å². The van der Waals surface area contributed by atoms with Crippen molar-refractivity contribution in [3.05, 3.63) is 20.5 Å². The van der Waals surface area contributed by atoms with Crippen molar-refractivity contribution in [1.29, 1.82) is 0 Å². The van der Waals surface area contributed by atoms with E-state index >= 15 is 0 Å². The summed E-state index contributed by atoms with van der Waals surface area (Å²) in [6, 6.07) is 0. The van der Waals surface area contributed by atoms with Crippen molar-refractivity contribution >= 4 is 38.9 Å². The zero-order valence-electron chi connectivity index (χ0n) is 9.03. The van der Waals surface area contributed by atoms with Gasteiger partial charge in [-0.05, 0) is 42.4 Å². The van der Waals surface area contributed by atoms with Gasteiger partial charge in [0.1, 0.15) is 9.30 Å². The van der Waals surface area contributed by atoms with Crippen LogP contribution in [0, 0.1) is 10.6 Å². The van der Waals surface area contributed by atoms with E-state index in [9.17, 15) is 5.11 Å². The van der Waals surface area contributed by atoms with Gasteiger partial charge in [-0.1, -0.05) is 24.2 Å². The Bertz CT molecular complexity index is 539. The first kappa shape index (κ1) is 11.0. The number of thiazole rings is 1. The lowest BCUT2D eigenvalue weighted by Crippen LogP contribution is -2.19. The highest BCUT2D eigenvalue weighted by molar-refractivity contribution is 14.1. The summed E-state index contributed by atoms with van der Waals surface area (Å²) in [4.78, 5) is 6.57. The molecule has 2 aromatic heterocycles. The summed E-state index contributed by atoms with van der Waals surface area (Å²) in [5, 5.41) is 10.5. The largest absolute Gasteiger partial charge is 0.384 e. The van der Waals surface area contributed by atoms with Gasteiger partial charge in [-0.15, -0.1) is 0 Å². The fourth-order valence-electron chi connectivity index (χ4n) is 2.35. The Labute approximate surface area is 112 Å². The molecule has 0 amide bonds. The minimum absolute atomic E-state index is 0.581. The molecule has 1 saturated carbocycles. The van der Waals surface area contributed by atoms with Gasteiger partial charge in [-0.2, -0.15) is 0 Å². The molecule has 86 valence electrons. The van der Waals surface area contributed by atoms with Gasteiger partial charge in [-0.25, -0.2) is 4.98 Å². The van der Waals surface area contributed by atoms with E-state index in [0.29, 0.717) is 0 Å². The number of hydrogen-bond acceptors (Lipinski definition) is 3. The average molecular weight is 348 g/mol. The summed E-state index contributed by atoms with van der Waals surface area (Å²) in [5.74, 6) is 0. The molecule has 16 heavy (non-hydrogen) atoms. The fourth-order valence-corrected chi connectivity index (χ4v) is 4.17. The van der Waals surface area contributed by atoms with E-state index in [2.05, 4.69) is 38.2 Å². The lowest BCUT2D eigenvalue weighted by atomic mass is 10.0. The molecule has 0 unspecified atom stereocenters. The monoisotopic (exact) mass is 348 g/mol. The van der Waals surface area contributed by atoms with Crippen LogP contribution in [-0.4, -0.2) is 14.5 Å². The number of aromatic nitrogens is 2. The van der Waals surface area contributed by atoms with Gasteiger partial charge < -0.3 is 5.11 Å². The predicted octanol–water partition coefficient (Wildman–Crippen LogP) is 3.07. The quantitative estimate of drug-likeness (QED) is 0.805. The second-order valence-electron chi connectivity index (χ2n) is 4.47. The van der Waals surface area contributed by atoms with Crippen molar-refractivity contribution in [1.82, 2.24) is 9.38 Å². The molecule has 0 atom stereocenters. The first-order valence-corrected chi connectivity index (χ1v) is 7.36. The van der Waals surface area contributed by atoms with Crippen LogP contribution >= 0.6 is 33.9 Å². The third-order valence-electron chi connectivity index (χ3n) is 3.32. The molecule has 0 aliphatic heterocycles. The third-order valence-corrected chi connectivity index (χ3v) is 5.79. The van der Waals surface area contributed by atoms with Crippen LogP contribution in [-0.2, 0) is 5.60 Å². The van der Waals surface area contributed by atoms with Gasteiger partial charge in [0.2, 0.25) is 0 Å². The third kappa shape index (κ3) is 1.52. The molecule has 0 aromatic carbocycles. The molecule has 3 rings (SSSR count). The number of imidazole rings is 1. The Morgan fingerprint density at radius 1 is 1.50 bits per heavy atom. The number of hydrogen-bond donors (Lipinski definition) is 1. The van der Waals surface area contributed by atoms with Gasteiger partial charge in [0, 0.05) is 6.20 Å². The van der Waals surface area contributed by atoms with E-state index in [0.717, 1.165) is 44.9 Å². The Hall–Kier alpha value is -0.140. The Kier molecular flexibility index (Phi) is 2.52. The Morgan fingerprint density at radius 2 is 2.19 bits per heavy atom. The molecule has 2 heterocycles. The summed E-state index contributed by atoms with van der Waals surface area (Å²) in [5.41, 5.74) is 0.485. The highest BCUT2D eigenvalue weighted by atomic mass is 127. The first-order chi connectivity index (χ1) is 7.60. The zero-order chi connectivity index (χ0) is 11.3. The molecule has 0 saturated heterocycles. The maximum absolute atomic E-state index is 10.5. The van der Waals surface area contributed by atoms with E-state index in [1.54, 1.807) is 11.3 Å². The molecule has 1 N–H and O–H groups in total. The summed E-state index contributed by atoms with van der Waals surface area (Å²) in [6.45, 7) is 2.02. The van der Waals surface area contributed by atoms with E-state index in [-0.39, 0.29) is 0 Å². The Balaban J connectivity index is 2.12. The standard InChI is InChI=1S/C11H13IN2OS/c1-7-9(12)14-6-8(16-10(14)13-7)11(15)4-2-3-5-11/h6,15H,2-5H2,1H3. The zero-order valence-corrected chi connectivity index (χ0v) is 12.0. The summed E-state index contributed by atoms with van der Waals surface area (Å²) in [6.07, 6.45) is 6.12. The molecule has 0 spiro atoms. The van der Waals surface area contributed by atoms with Crippen LogP contribution in [0.25, 0.3) is 4.96 Å². The van der Waals surface area contributed by atoms with Crippen molar-refractivity contribution in [2.75, 3.05) is 0 Å². The number of nitrogens with zero attached hydrogens (tertiary/aromatic N) is 2. The molecule has 1 aliphatic carbocycles. The second kappa shape index (κ2) is 3.68. The Morgan fingerprint density at radius 3 is 2.81 bits per heavy atom. The molecule has 1 fully saturated rings. The van der Waals surface area contributed by atoms with E-state index in [1.807, 2.05) is 6.92 Å². The molecule has 1 aliphatic rings. The molecule has 3 nitrogen and oxygen atoms in total. The number of rotatable bonds is 1. The number of aryl methyl sites for hydroxylation is 1. The molecule has 2 aromatic rings. The number of aliphatic hydroxyl groups is 1. The molecular weight excluding hydrogens is 335 g/mol.